The first-order chi connectivity index (χ1) is 6.75. The summed E-state index contributed by atoms with van der Waals surface area (Å²) in [6.45, 7) is 2.76. The third kappa shape index (κ3) is 1.98. The molecule has 2 rings (SSSR count). The van der Waals surface area contributed by atoms with Crippen molar-refractivity contribution in [1.82, 2.24) is 20.2 Å². The van der Waals surface area contributed by atoms with Gasteiger partial charge in [0, 0.05) is 0 Å². The summed E-state index contributed by atoms with van der Waals surface area (Å²) in [5, 5.41) is 11.2. The molecular formula is C9H9BrN4. The Labute approximate surface area is 90.1 Å². The van der Waals surface area contributed by atoms with Crippen LogP contribution >= 0.6 is 15.9 Å². The van der Waals surface area contributed by atoms with E-state index in [-0.39, 0.29) is 0 Å². The van der Waals surface area contributed by atoms with Crippen molar-refractivity contribution in [3.8, 4) is 0 Å². The van der Waals surface area contributed by atoms with Crippen LogP contribution in [-0.2, 0) is 6.54 Å². The summed E-state index contributed by atoms with van der Waals surface area (Å²) in [6, 6.07) is 8.27. The Bertz CT molecular complexity index is 438. The Morgan fingerprint density at radius 2 is 2.29 bits per heavy atom. The molecule has 1 aromatic carbocycles. The van der Waals surface area contributed by atoms with E-state index >= 15 is 0 Å². The van der Waals surface area contributed by atoms with Crippen molar-refractivity contribution in [3.63, 3.8) is 0 Å². The molecule has 0 unspecified atom stereocenters. The van der Waals surface area contributed by atoms with Gasteiger partial charge in [-0.15, -0.1) is 5.10 Å². The number of benzene rings is 1. The fourth-order valence-corrected chi connectivity index (χ4v) is 1.54. The van der Waals surface area contributed by atoms with Crippen molar-refractivity contribution in [3.05, 3.63) is 40.1 Å². The summed E-state index contributed by atoms with van der Waals surface area (Å²) in [4.78, 5) is 0. The number of aryl methyl sites for hydroxylation is 1. The van der Waals surface area contributed by atoms with Crippen molar-refractivity contribution in [2.24, 2.45) is 0 Å². The minimum Gasteiger partial charge on any atom is -0.216 e. The molecule has 0 atom stereocenters. The van der Waals surface area contributed by atoms with E-state index < -0.39 is 0 Å². The van der Waals surface area contributed by atoms with Gasteiger partial charge < -0.3 is 0 Å². The zero-order valence-electron chi connectivity index (χ0n) is 7.68. The van der Waals surface area contributed by atoms with Crippen LogP contribution in [0.3, 0.4) is 0 Å². The molecule has 0 aliphatic rings. The van der Waals surface area contributed by atoms with E-state index in [9.17, 15) is 0 Å². The third-order valence-electron chi connectivity index (χ3n) is 1.90. The molecule has 0 N–H and O–H groups in total. The Kier molecular flexibility index (Phi) is 2.58. The predicted molar refractivity (Wildman–Crippen MR) is 55.8 cm³/mol. The summed E-state index contributed by atoms with van der Waals surface area (Å²) >= 11 is 3.27. The number of nitrogens with zero attached hydrogens (tertiary/aromatic N) is 4. The molecule has 72 valence electrons. The molecule has 2 aromatic rings. The van der Waals surface area contributed by atoms with E-state index in [2.05, 4.69) is 56.6 Å². The van der Waals surface area contributed by atoms with Gasteiger partial charge in [0.05, 0.1) is 6.54 Å². The highest BCUT2D eigenvalue weighted by Crippen LogP contribution is 2.08. The predicted octanol–water partition coefficient (Wildman–Crippen LogP) is 1.79. The van der Waals surface area contributed by atoms with Gasteiger partial charge in [0.25, 0.3) is 0 Å². The molecule has 0 saturated carbocycles. The van der Waals surface area contributed by atoms with Gasteiger partial charge in [0.2, 0.25) is 4.73 Å². The molecule has 0 radical (unpaired) electrons. The van der Waals surface area contributed by atoms with Crippen LogP contribution in [0.25, 0.3) is 0 Å². The van der Waals surface area contributed by atoms with E-state index in [1.165, 1.54) is 11.1 Å². The summed E-state index contributed by atoms with van der Waals surface area (Å²) < 4.78 is 2.36. The monoisotopic (exact) mass is 252 g/mol. The summed E-state index contributed by atoms with van der Waals surface area (Å²) in [5.74, 6) is 0. The number of halogens is 1. The lowest BCUT2D eigenvalue weighted by Crippen LogP contribution is -2.02. The molecule has 1 aromatic heterocycles. The largest absolute Gasteiger partial charge is 0.218 e. The number of hydrogen-bond acceptors (Lipinski definition) is 3. The standard InChI is InChI=1S/C9H9BrN4/c1-7-3-2-4-8(5-7)6-14-9(10)11-12-13-14/h2-5H,6H2,1H3. The van der Waals surface area contributed by atoms with Crippen LogP contribution in [0.1, 0.15) is 11.1 Å². The average molecular weight is 253 g/mol. The first kappa shape index (κ1) is 9.33. The maximum absolute atomic E-state index is 3.85. The van der Waals surface area contributed by atoms with Gasteiger partial charge in [-0.1, -0.05) is 29.8 Å². The summed E-state index contributed by atoms with van der Waals surface area (Å²) in [7, 11) is 0. The maximum atomic E-state index is 3.85. The van der Waals surface area contributed by atoms with Crippen LogP contribution in [-0.4, -0.2) is 20.2 Å². The molecule has 1 heterocycles. The Morgan fingerprint density at radius 1 is 1.43 bits per heavy atom. The molecule has 0 saturated heterocycles. The molecule has 4 nitrogen and oxygen atoms in total. The quantitative estimate of drug-likeness (QED) is 0.819. The SMILES string of the molecule is Cc1cccc(Cn2nnnc2Br)c1. The Morgan fingerprint density at radius 3 is 2.93 bits per heavy atom. The fourth-order valence-electron chi connectivity index (χ4n) is 1.27. The normalized spacial score (nSPS) is 10.4. The molecule has 0 bridgehead atoms. The molecule has 0 spiro atoms. The van der Waals surface area contributed by atoms with Crippen LogP contribution in [0.4, 0.5) is 0 Å². The van der Waals surface area contributed by atoms with Crippen LogP contribution in [0.5, 0.6) is 0 Å². The molecule has 5 heteroatoms. The average Bonchev–Trinajstić information content (AvgIpc) is 2.52. The molecule has 0 fully saturated rings. The minimum absolute atomic E-state index is 0.652. The Hall–Kier alpha value is -1.23. The Balaban J connectivity index is 2.23. The van der Waals surface area contributed by atoms with Gasteiger partial charge in [-0.3, -0.25) is 0 Å². The van der Waals surface area contributed by atoms with Crippen molar-refractivity contribution in [1.29, 1.82) is 0 Å². The molecular weight excluding hydrogens is 244 g/mol. The van der Waals surface area contributed by atoms with Crippen molar-refractivity contribution < 1.29 is 0 Å². The minimum atomic E-state index is 0.652. The van der Waals surface area contributed by atoms with Crippen LogP contribution in [0.15, 0.2) is 29.0 Å². The maximum Gasteiger partial charge on any atom is 0.218 e. The number of aromatic nitrogens is 4. The van der Waals surface area contributed by atoms with Crippen LogP contribution in [0.2, 0.25) is 0 Å². The highest BCUT2D eigenvalue weighted by Gasteiger charge is 2.02. The highest BCUT2D eigenvalue weighted by atomic mass is 79.9. The van der Waals surface area contributed by atoms with E-state index in [1.54, 1.807) is 4.68 Å². The lowest BCUT2D eigenvalue weighted by molar-refractivity contribution is 0.637. The molecule has 14 heavy (non-hydrogen) atoms. The number of hydrogen-bond donors (Lipinski definition) is 0. The third-order valence-corrected chi connectivity index (χ3v) is 2.47. The van der Waals surface area contributed by atoms with E-state index in [0.29, 0.717) is 11.3 Å². The first-order valence-corrected chi connectivity index (χ1v) is 5.02. The van der Waals surface area contributed by atoms with E-state index in [4.69, 9.17) is 0 Å². The molecule has 0 amide bonds. The van der Waals surface area contributed by atoms with Gasteiger partial charge in [0.1, 0.15) is 0 Å². The summed E-state index contributed by atoms with van der Waals surface area (Å²) in [5.41, 5.74) is 2.43. The van der Waals surface area contributed by atoms with Crippen molar-refractivity contribution in [2.45, 2.75) is 13.5 Å². The second-order valence-corrected chi connectivity index (χ2v) is 3.80. The second kappa shape index (κ2) is 3.88. The molecule has 0 aliphatic heterocycles. The lowest BCUT2D eigenvalue weighted by Gasteiger charge is -2.01. The lowest BCUT2D eigenvalue weighted by atomic mass is 10.1. The van der Waals surface area contributed by atoms with Crippen molar-refractivity contribution >= 4 is 15.9 Å². The first-order valence-electron chi connectivity index (χ1n) is 4.23. The zero-order valence-corrected chi connectivity index (χ0v) is 9.27. The number of rotatable bonds is 2. The van der Waals surface area contributed by atoms with Gasteiger partial charge in [-0.2, -0.15) is 0 Å². The fraction of sp³-hybridized carbons (Fsp3) is 0.222. The van der Waals surface area contributed by atoms with Gasteiger partial charge in [-0.05, 0) is 38.8 Å². The van der Waals surface area contributed by atoms with Crippen molar-refractivity contribution in [2.75, 3.05) is 0 Å². The second-order valence-electron chi connectivity index (χ2n) is 3.09. The molecule has 0 aliphatic carbocycles. The van der Waals surface area contributed by atoms with Gasteiger partial charge in [0.15, 0.2) is 0 Å². The van der Waals surface area contributed by atoms with E-state index in [0.717, 1.165) is 0 Å². The zero-order chi connectivity index (χ0) is 9.97. The van der Waals surface area contributed by atoms with E-state index in [1.807, 2.05) is 6.07 Å². The van der Waals surface area contributed by atoms with Crippen LogP contribution < -0.4 is 0 Å². The summed E-state index contributed by atoms with van der Waals surface area (Å²) in [6.07, 6.45) is 0. The van der Waals surface area contributed by atoms with Gasteiger partial charge >= 0.3 is 0 Å². The topological polar surface area (TPSA) is 43.6 Å². The highest BCUT2D eigenvalue weighted by molar-refractivity contribution is 9.10. The van der Waals surface area contributed by atoms with Gasteiger partial charge in [-0.25, -0.2) is 4.68 Å². The number of tetrazole rings is 1. The van der Waals surface area contributed by atoms with Crippen LogP contribution in [0, 0.1) is 6.92 Å². The smallest absolute Gasteiger partial charge is 0.216 e.